The van der Waals surface area contributed by atoms with Crippen LogP contribution < -0.4 is 14.2 Å². The highest BCUT2D eigenvalue weighted by atomic mass is 16.5. The number of hydrogen-bond donors (Lipinski definition) is 0. The van der Waals surface area contributed by atoms with Crippen molar-refractivity contribution in [1.29, 1.82) is 0 Å². The van der Waals surface area contributed by atoms with E-state index in [1.165, 1.54) is 0 Å². The van der Waals surface area contributed by atoms with Gasteiger partial charge in [-0.1, -0.05) is 30.3 Å². The minimum absolute atomic E-state index is 0.515. The molecule has 0 aliphatic heterocycles. The lowest BCUT2D eigenvalue weighted by molar-refractivity contribution is 0.306. The van der Waals surface area contributed by atoms with Crippen molar-refractivity contribution in [2.75, 3.05) is 14.2 Å². The molecule has 31 heavy (non-hydrogen) atoms. The van der Waals surface area contributed by atoms with E-state index in [2.05, 4.69) is 15.3 Å². The highest BCUT2D eigenvalue weighted by Gasteiger charge is 2.14. The normalized spacial score (nSPS) is 11.0. The molecule has 0 bridgehead atoms. The molecule has 5 rings (SSSR count). The summed E-state index contributed by atoms with van der Waals surface area (Å²) in [6, 6.07) is 19.7. The second-order valence-electron chi connectivity index (χ2n) is 7.01. The molecule has 0 saturated carbocycles. The summed E-state index contributed by atoms with van der Waals surface area (Å²) in [7, 11) is 3.21. The fraction of sp³-hybridized carbons (Fsp3) is 0.125. The van der Waals surface area contributed by atoms with Crippen LogP contribution in [0.15, 0.2) is 73.1 Å². The molecule has 7 heteroatoms. The smallest absolute Gasteiger partial charge is 0.162 e. The van der Waals surface area contributed by atoms with Gasteiger partial charge in [0.15, 0.2) is 11.5 Å². The maximum absolute atomic E-state index is 5.95. The minimum atomic E-state index is 0.515. The molecule has 0 atom stereocenters. The van der Waals surface area contributed by atoms with Gasteiger partial charge in [-0.25, -0.2) is 4.68 Å². The van der Waals surface area contributed by atoms with E-state index in [0.717, 1.165) is 33.3 Å². The number of hydrogen-bond acceptors (Lipinski definition) is 6. The maximum atomic E-state index is 5.95. The number of aromatic nitrogens is 4. The monoisotopic (exact) mass is 412 g/mol. The Hall–Kier alpha value is -4.13. The fourth-order valence-corrected chi connectivity index (χ4v) is 3.57. The molecule has 2 heterocycles. The van der Waals surface area contributed by atoms with Crippen molar-refractivity contribution in [3.05, 3.63) is 78.6 Å². The van der Waals surface area contributed by atoms with E-state index >= 15 is 0 Å². The summed E-state index contributed by atoms with van der Waals surface area (Å²) in [5.74, 6) is 2.02. The van der Waals surface area contributed by atoms with E-state index in [4.69, 9.17) is 14.2 Å². The number of fused-ring (bicyclic) bond motifs is 2. The third kappa shape index (κ3) is 3.50. The predicted molar refractivity (Wildman–Crippen MR) is 118 cm³/mol. The molecule has 0 radical (unpaired) electrons. The van der Waals surface area contributed by atoms with Gasteiger partial charge in [0, 0.05) is 16.8 Å². The molecule has 0 aliphatic rings. The minimum Gasteiger partial charge on any atom is -0.493 e. The van der Waals surface area contributed by atoms with Crippen LogP contribution in [0.5, 0.6) is 17.2 Å². The molecular formula is C24H20N4O3. The maximum Gasteiger partial charge on any atom is 0.162 e. The first-order valence-corrected chi connectivity index (χ1v) is 9.79. The topological polar surface area (TPSA) is 71.3 Å². The third-order valence-corrected chi connectivity index (χ3v) is 5.14. The van der Waals surface area contributed by atoms with Gasteiger partial charge in [-0.15, -0.1) is 0 Å². The van der Waals surface area contributed by atoms with Crippen LogP contribution in [0.3, 0.4) is 0 Å². The van der Waals surface area contributed by atoms with Gasteiger partial charge in [0.1, 0.15) is 12.4 Å². The standard InChI is InChI=1S/C24H20N4O3/c1-29-23-11-19-20(12-24(23)30-2)27-25-14-22(19)28-21-9-8-18(10-17(21)13-26-28)31-15-16-6-4-3-5-7-16/h3-14H,15H2,1-2H3. The summed E-state index contributed by atoms with van der Waals surface area (Å²) in [6.07, 6.45) is 3.51. The van der Waals surface area contributed by atoms with Crippen LogP contribution in [0.25, 0.3) is 27.5 Å². The average molecular weight is 412 g/mol. The lowest BCUT2D eigenvalue weighted by atomic mass is 10.1. The van der Waals surface area contributed by atoms with Gasteiger partial charge < -0.3 is 14.2 Å². The van der Waals surface area contributed by atoms with Gasteiger partial charge in [0.25, 0.3) is 0 Å². The van der Waals surface area contributed by atoms with E-state index in [9.17, 15) is 0 Å². The lowest BCUT2D eigenvalue weighted by Gasteiger charge is -2.11. The number of nitrogens with zero attached hydrogens (tertiary/aromatic N) is 4. The summed E-state index contributed by atoms with van der Waals surface area (Å²) in [4.78, 5) is 0. The highest BCUT2D eigenvalue weighted by Crippen LogP contribution is 2.34. The van der Waals surface area contributed by atoms with E-state index in [0.29, 0.717) is 23.6 Å². The molecule has 0 unspecified atom stereocenters. The Morgan fingerprint density at radius 2 is 1.68 bits per heavy atom. The van der Waals surface area contributed by atoms with Gasteiger partial charge >= 0.3 is 0 Å². The highest BCUT2D eigenvalue weighted by molar-refractivity contribution is 5.92. The molecule has 5 aromatic rings. The molecule has 0 fully saturated rings. The predicted octanol–water partition coefficient (Wildman–Crippen LogP) is 4.56. The van der Waals surface area contributed by atoms with Crippen LogP contribution in [0.1, 0.15) is 5.56 Å². The molecule has 0 spiro atoms. The second kappa shape index (κ2) is 7.95. The Morgan fingerprint density at radius 1 is 0.871 bits per heavy atom. The van der Waals surface area contributed by atoms with E-state index in [1.807, 2.05) is 71.5 Å². The molecular weight excluding hydrogens is 392 g/mol. The summed E-state index contributed by atoms with van der Waals surface area (Å²) >= 11 is 0. The quantitative estimate of drug-likeness (QED) is 0.407. The fourth-order valence-electron chi connectivity index (χ4n) is 3.57. The van der Waals surface area contributed by atoms with Crippen LogP contribution in [-0.2, 0) is 6.61 Å². The van der Waals surface area contributed by atoms with Crippen LogP contribution in [0.4, 0.5) is 0 Å². The van der Waals surface area contributed by atoms with Crippen LogP contribution in [0, 0.1) is 0 Å². The Morgan fingerprint density at radius 3 is 2.48 bits per heavy atom. The molecule has 2 aromatic heterocycles. The van der Waals surface area contributed by atoms with Gasteiger partial charge in [-0.05, 0) is 29.8 Å². The molecule has 7 nitrogen and oxygen atoms in total. The first-order valence-electron chi connectivity index (χ1n) is 9.79. The van der Waals surface area contributed by atoms with Crippen molar-refractivity contribution < 1.29 is 14.2 Å². The molecule has 154 valence electrons. The lowest BCUT2D eigenvalue weighted by Crippen LogP contribution is -2.01. The zero-order valence-electron chi connectivity index (χ0n) is 17.1. The molecule has 0 saturated heterocycles. The van der Waals surface area contributed by atoms with Crippen molar-refractivity contribution in [3.8, 4) is 22.9 Å². The number of ether oxygens (including phenoxy) is 3. The molecule has 3 aromatic carbocycles. The second-order valence-corrected chi connectivity index (χ2v) is 7.01. The van der Waals surface area contributed by atoms with Gasteiger partial charge in [-0.2, -0.15) is 15.3 Å². The number of methoxy groups -OCH3 is 2. The molecule has 0 amide bonds. The summed E-state index contributed by atoms with van der Waals surface area (Å²) < 4.78 is 18.6. The van der Waals surface area contributed by atoms with Crippen molar-refractivity contribution >= 4 is 21.8 Å². The number of rotatable bonds is 6. The summed E-state index contributed by atoms with van der Waals surface area (Å²) in [6.45, 7) is 0.515. The van der Waals surface area contributed by atoms with Crippen LogP contribution in [-0.4, -0.2) is 34.2 Å². The molecule has 0 N–H and O–H groups in total. The SMILES string of the molecule is COc1cc2nncc(-n3ncc4cc(OCc5ccccc5)ccc43)c2cc1OC. The summed E-state index contributed by atoms with van der Waals surface area (Å²) in [5, 5.41) is 14.8. The first-order chi connectivity index (χ1) is 15.3. The van der Waals surface area contributed by atoms with E-state index in [1.54, 1.807) is 20.4 Å². The van der Waals surface area contributed by atoms with E-state index < -0.39 is 0 Å². The zero-order valence-corrected chi connectivity index (χ0v) is 17.1. The Bertz CT molecular complexity index is 1370. The van der Waals surface area contributed by atoms with Crippen molar-refractivity contribution in [2.24, 2.45) is 0 Å². The Kier molecular flexibility index (Phi) is 4.84. The van der Waals surface area contributed by atoms with Gasteiger partial charge in [-0.3, -0.25) is 0 Å². The van der Waals surface area contributed by atoms with Gasteiger partial charge in [0.2, 0.25) is 0 Å². The van der Waals surface area contributed by atoms with Crippen molar-refractivity contribution in [3.63, 3.8) is 0 Å². The first kappa shape index (κ1) is 18.9. The van der Waals surface area contributed by atoms with Crippen LogP contribution >= 0.6 is 0 Å². The molecule has 0 aliphatic carbocycles. The number of benzene rings is 3. The zero-order chi connectivity index (χ0) is 21.2. The van der Waals surface area contributed by atoms with E-state index in [-0.39, 0.29) is 0 Å². The van der Waals surface area contributed by atoms with Crippen LogP contribution in [0.2, 0.25) is 0 Å². The largest absolute Gasteiger partial charge is 0.493 e. The summed E-state index contributed by atoms with van der Waals surface area (Å²) in [5.41, 5.74) is 3.56. The van der Waals surface area contributed by atoms with Crippen molar-refractivity contribution in [2.45, 2.75) is 6.61 Å². The average Bonchev–Trinajstić information content (AvgIpc) is 3.25. The third-order valence-electron chi connectivity index (χ3n) is 5.14. The Labute approximate surface area is 178 Å². The Balaban J connectivity index is 1.53. The van der Waals surface area contributed by atoms with Gasteiger partial charge in [0.05, 0.1) is 43.3 Å². The van der Waals surface area contributed by atoms with Crippen molar-refractivity contribution in [1.82, 2.24) is 20.0 Å².